The Kier molecular flexibility index (Phi) is 42.1. The lowest BCUT2D eigenvalue weighted by Crippen LogP contribution is -2.61. The number of amides is 18. The first-order valence-electron chi connectivity index (χ1n) is 39.6. The van der Waals surface area contributed by atoms with Crippen LogP contribution in [0.5, 0.6) is 0 Å². The average Bonchev–Trinajstić information content (AvgIpc) is 1.78. The van der Waals surface area contributed by atoms with Gasteiger partial charge in [0.2, 0.25) is 106 Å². The van der Waals surface area contributed by atoms with Gasteiger partial charge >= 0.3 is 5.97 Å². The number of aromatic nitrogens is 2. The molecule has 14 atom stereocenters. The number of imidazole rings is 1. The number of aliphatic hydroxyl groups excluding tert-OH is 1. The van der Waals surface area contributed by atoms with Crippen molar-refractivity contribution < 1.29 is 101 Å². The zero-order valence-electron chi connectivity index (χ0n) is 68.3. The van der Waals surface area contributed by atoms with Crippen LogP contribution >= 0.6 is 25.3 Å². The molecule has 0 saturated carbocycles. The molecule has 18 amide bonds. The topological polar surface area (TPSA) is 708 Å². The number of carbonyl (C=O) groups excluding carboxylic acids is 18. The van der Waals surface area contributed by atoms with Crippen LogP contribution in [0.15, 0.2) is 73.2 Å². The van der Waals surface area contributed by atoms with E-state index >= 15 is 0 Å². The fourth-order valence-corrected chi connectivity index (χ4v) is 13.4. The summed E-state index contributed by atoms with van der Waals surface area (Å²) in [4.78, 5) is 263. The number of hydrogen-bond acceptors (Lipinski definition) is 25. The number of H-pyrrole nitrogens is 1. The number of aliphatic hydroxyl groups is 1. The molecule has 5 rings (SSSR count). The Morgan fingerprint density at radius 1 is 0.512 bits per heavy atom. The lowest BCUT2D eigenvalue weighted by molar-refractivity contribution is -0.148. The number of carboxylic acid groups (broad SMARTS) is 1. The molecule has 0 unspecified atom stereocenters. The molecule has 0 radical (unpaired) electrons. The molecular formula is C76H112N24O21S2. The minimum Gasteiger partial charge on any atom is -0.480 e. The molecule has 0 bridgehead atoms. The number of aliphatic carboxylic acids is 1. The van der Waals surface area contributed by atoms with Crippen LogP contribution in [0.4, 0.5) is 0 Å². The first-order valence-corrected chi connectivity index (χ1v) is 40.8. The molecule has 2 fully saturated rings. The molecule has 3 aromatic rings. The summed E-state index contributed by atoms with van der Waals surface area (Å²) in [5.74, 6) is -18.9. The number of benzene rings is 2. The number of thiol groups is 2. The molecule has 45 nitrogen and oxygen atoms in total. The summed E-state index contributed by atoms with van der Waals surface area (Å²) in [6.07, 6.45) is 0.370. The molecule has 0 aliphatic carbocycles. The number of guanidine groups is 1. The highest BCUT2D eigenvalue weighted by Gasteiger charge is 2.41. The van der Waals surface area contributed by atoms with Gasteiger partial charge in [-0.25, -0.2) is 9.78 Å². The Bertz CT molecular complexity index is 4210. The molecule has 3 heterocycles. The minimum absolute atomic E-state index is 0.0242. The van der Waals surface area contributed by atoms with E-state index in [0.717, 1.165) is 11.8 Å². The maximum absolute atomic E-state index is 14.4. The summed E-state index contributed by atoms with van der Waals surface area (Å²) < 4.78 is 0. The van der Waals surface area contributed by atoms with Gasteiger partial charge in [-0.15, -0.1) is 0 Å². The van der Waals surface area contributed by atoms with Crippen LogP contribution in [0.3, 0.4) is 0 Å². The van der Waals surface area contributed by atoms with E-state index in [1.165, 1.54) is 24.3 Å². The lowest BCUT2D eigenvalue weighted by atomic mass is 10.0. The second-order valence-electron chi connectivity index (χ2n) is 29.7. The van der Waals surface area contributed by atoms with Gasteiger partial charge in [-0.05, 0) is 82.3 Å². The largest absolute Gasteiger partial charge is 0.480 e. The van der Waals surface area contributed by atoms with E-state index in [4.69, 9.17) is 28.3 Å². The number of nitrogens with two attached hydrogens (primary N) is 4. The van der Waals surface area contributed by atoms with Gasteiger partial charge in [0.25, 0.3) is 0 Å². The summed E-state index contributed by atoms with van der Waals surface area (Å²) in [6, 6.07) is -1.77. The van der Waals surface area contributed by atoms with Crippen molar-refractivity contribution in [1.82, 2.24) is 99.5 Å². The van der Waals surface area contributed by atoms with Gasteiger partial charge in [0.1, 0.15) is 72.5 Å². The van der Waals surface area contributed by atoms with Crippen molar-refractivity contribution in [2.75, 3.05) is 57.3 Å². The molecule has 47 heteroatoms. The first kappa shape index (κ1) is 101. The molecule has 2 aliphatic rings. The number of aromatic amines is 1. The van der Waals surface area contributed by atoms with E-state index in [0.29, 0.717) is 29.7 Å². The van der Waals surface area contributed by atoms with Crippen molar-refractivity contribution in [2.45, 2.75) is 196 Å². The maximum atomic E-state index is 14.4. The van der Waals surface area contributed by atoms with Crippen molar-refractivity contribution in [2.24, 2.45) is 28.9 Å². The third kappa shape index (κ3) is 34.9. The standard InChI is InChI=1S/C76H112N24O21S2/c1-39(2)26-47(67(112)89-40(3)74(119)100-25-12-19-54(100)72(117)97-52(36-122)70(115)95-51(30-57(79)103)65(110)87-35-61(107)99-24-13-20-55(99)75(120)121)90-59(105)33-84-58(104)32-85-64(109)48(27-42-14-7-5-8-15-42)93-69(114)50(29-44-31-82-38-88-44)91-60(106)34-86-73(118)62(41(4)101)98-71(116)53(37-123)96-68(113)49(28-43-16-9-6-10-17-43)94-66(111)46(18-11-23-83-76(80)81)92-63(108)45(77)21-22-56(78)102/h5-10,14-17,31,38-41,45-55,62,101,122-123H,11-13,18-30,32-37,77H2,1-4H3,(H2,78,102)(H2,79,103)(H,82,88)(H,84,104)(H,85,109)(H,86,118)(H,87,110)(H,89,112)(H,90,105)(H,91,106)(H,92,108)(H,93,114)(H,94,111)(H,95,115)(H,96,113)(H,97,117)(H,98,116)(H,120,121)(H4,80,81,83)/t40-,41+,45-,46-,47-,48-,49-,50-,51-,52-,53-,54-,55-,62-/m0/s1. The van der Waals surface area contributed by atoms with E-state index in [2.05, 4.69) is 115 Å². The van der Waals surface area contributed by atoms with Gasteiger partial charge in [0, 0.05) is 68.7 Å². The van der Waals surface area contributed by atoms with Gasteiger partial charge in [-0.1, -0.05) is 74.5 Å². The highest BCUT2D eigenvalue weighted by atomic mass is 32.1. The number of carboxylic acids is 1. The quantitative estimate of drug-likeness (QED) is 0.0108. The van der Waals surface area contributed by atoms with Crippen LogP contribution in [0, 0.1) is 11.3 Å². The Balaban J connectivity index is 1.17. The van der Waals surface area contributed by atoms with E-state index in [9.17, 15) is 101 Å². The summed E-state index contributed by atoms with van der Waals surface area (Å²) in [5, 5.41) is 64.7. The number of hydrogen-bond donors (Lipinski definition) is 25. The Morgan fingerprint density at radius 3 is 1.54 bits per heavy atom. The molecular weight excluding hydrogens is 1650 g/mol. The third-order valence-electron chi connectivity index (χ3n) is 19.3. The fraction of sp³-hybridized carbons (Fsp3) is 0.539. The second-order valence-corrected chi connectivity index (χ2v) is 30.4. The smallest absolute Gasteiger partial charge is 0.326 e. The van der Waals surface area contributed by atoms with Gasteiger partial charge in [0.05, 0.1) is 51.1 Å². The highest BCUT2D eigenvalue weighted by molar-refractivity contribution is 7.80. The first-order chi connectivity index (χ1) is 58.3. The highest BCUT2D eigenvalue weighted by Crippen LogP contribution is 2.21. The number of likely N-dealkylation sites (tertiary alicyclic amines) is 2. The predicted molar refractivity (Wildman–Crippen MR) is 445 cm³/mol. The van der Waals surface area contributed by atoms with Crippen molar-refractivity contribution in [3.63, 3.8) is 0 Å². The van der Waals surface area contributed by atoms with Gasteiger partial charge in [0.15, 0.2) is 5.96 Å². The summed E-state index contributed by atoms with van der Waals surface area (Å²) >= 11 is 8.43. The third-order valence-corrected chi connectivity index (χ3v) is 20.1. The van der Waals surface area contributed by atoms with Crippen molar-refractivity contribution in [3.05, 3.63) is 90.0 Å². The number of nitrogens with one attached hydrogen (secondary N) is 17. The summed E-state index contributed by atoms with van der Waals surface area (Å²) in [7, 11) is 0. The van der Waals surface area contributed by atoms with E-state index in [1.54, 1.807) is 74.5 Å². The number of primary amides is 2. The molecule has 123 heavy (non-hydrogen) atoms. The normalized spacial score (nSPS) is 16.4. The molecule has 0 spiro atoms. The molecule has 2 saturated heterocycles. The van der Waals surface area contributed by atoms with Gasteiger partial charge in [-0.2, -0.15) is 25.3 Å². The van der Waals surface area contributed by atoms with E-state index < -0.39 is 235 Å². The SMILES string of the molecule is CC(C)C[C@H](NC(=O)CNC(=O)CNC(=O)[C@H](Cc1ccccc1)NC(=O)[C@H](Cc1cnc[nH]1)NC(=O)CNC(=O)[C@@H](NC(=O)[C@H](CS)NC(=O)[C@H](Cc1ccccc1)NC(=O)[C@H](CCCNC(=N)N)NC(=O)[C@@H](N)CCC(N)=O)[C@@H](C)O)C(=O)N[C@@H](C)C(=O)N1CCC[C@H]1C(=O)N[C@@H](CS)C(=O)N[C@@H](CC(N)=O)C(=O)NCC(=O)N1CCC[C@H]1C(=O)O. The van der Waals surface area contributed by atoms with E-state index in [-0.39, 0.29) is 101 Å². The Labute approximate surface area is 718 Å². The maximum Gasteiger partial charge on any atom is 0.326 e. The van der Waals surface area contributed by atoms with Crippen molar-refractivity contribution in [1.29, 1.82) is 5.41 Å². The van der Waals surface area contributed by atoms with Crippen LogP contribution in [-0.4, -0.2) is 290 Å². The zero-order chi connectivity index (χ0) is 91.2. The van der Waals surface area contributed by atoms with Gasteiger partial charge < -0.3 is 128 Å². The average molecular weight is 1760 g/mol. The predicted octanol–water partition coefficient (Wildman–Crippen LogP) is -9.15. The second kappa shape index (κ2) is 51.3. The van der Waals surface area contributed by atoms with Crippen LogP contribution in [0.1, 0.15) is 109 Å². The summed E-state index contributed by atoms with van der Waals surface area (Å²) in [6.45, 7) is 3.18. The van der Waals surface area contributed by atoms with Crippen molar-refractivity contribution >= 4 is 144 Å². The number of rotatable bonds is 51. The fourth-order valence-electron chi connectivity index (χ4n) is 12.9. The number of carbonyl (C=O) groups is 19. The van der Waals surface area contributed by atoms with Crippen molar-refractivity contribution in [3.8, 4) is 0 Å². The van der Waals surface area contributed by atoms with Crippen LogP contribution in [-0.2, 0) is 110 Å². The number of nitrogens with zero attached hydrogens (tertiary/aromatic N) is 3. The summed E-state index contributed by atoms with van der Waals surface area (Å²) in [5.41, 5.74) is 23.4. The van der Waals surface area contributed by atoms with Crippen LogP contribution in [0.25, 0.3) is 0 Å². The molecule has 1 aromatic heterocycles. The molecule has 27 N–H and O–H groups in total. The molecule has 2 aliphatic heterocycles. The minimum atomic E-state index is -1.81. The Morgan fingerprint density at radius 2 is 0.992 bits per heavy atom. The van der Waals surface area contributed by atoms with Crippen LogP contribution in [0.2, 0.25) is 0 Å². The van der Waals surface area contributed by atoms with Gasteiger partial charge in [-0.3, -0.25) is 91.7 Å². The lowest BCUT2D eigenvalue weighted by Gasteiger charge is -2.29. The Hall–Kier alpha value is -12.5. The monoisotopic (exact) mass is 1760 g/mol. The molecule has 2 aromatic carbocycles. The zero-order valence-corrected chi connectivity index (χ0v) is 70.1. The molecule has 674 valence electrons. The van der Waals surface area contributed by atoms with Crippen LogP contribution < -0.4 is 103 Å². The van der Waals surface area contributed by atoms with E-state index in [1.807, 2.05) is 0 Å².